The first kappa shape index (κ1) is 27.0. The molecule has 0 aliphatic carbocycles. The maximum absolute atomic E-state index is 12.6. The lowest BCUT2D eigenvalue weighted by molar-refractivity contribution is -0.140. The minimum Gasteiger partial charge on any atom is -0.469 e. The maximum Gasteiger partial charge on any atom is 0.306 e. The number of fused-ring (bicyclic) bond motifs is 1. The Kier molecular flexibility index (Phi) is 8.32. The number of carbonyl (C=O) groups is 1. The monoisotopic (exact) mass is 579 g/mol. The Morgan fingerprint density at radius 2 is 1.82 bits per heavy atom. The van der Waals surface area contributed by atoms with Gasteiger partial charge in [0.1, 0.15) is 6.10 Å². The number of esters is 1. The third-order valence-corrected chi connectivity index (χ3v) is 10.1. The number of anilines is 1. The molecule has 0 atom stereocenters. The number of benzene rings is 1. The van der Waals surface area contributed by atoms with Gasteiger partial charge in [0.15, 0.2) is 0 Å². The molecule has 5 rings (SSSR count). The van der Waals surface area contributed by atoms with Gasteiger partial charge in [-0.05, 0) is 36.5 Å². The Hall–Kier alpha value is -2.54. The van der Waals surface area contributed by atoms with Crippen molar-refractivity contribution < 1.29 is 22.7 Å². The number of carbonyl (C=O) groups excluding carboxylic acids is 1. The van der Waals surface area contributed by atoms with E-state index in [1.807, 2.05) is 6.07 Å². The number of piperidine rings is 2. The van der Waals surface area contributed by atoms with E-state index in [2.05, 4.69) is 36.7 Å². The second-order valence-electron chi connectivity index (χ2n) is 9.53. The standard InChI is InChI=1S/C25H30ClN5O5S2/c1-35-23(32)8-13-38(33,34)31-11-4-17(5-12-31)18-2-3-21-22(14-18)37-25(29-21)36-20-6-9-30(10-7-20)24-27-15-19(26)16-28-24/h2-3,14-17,20H,4-13H2,1H3. The van der Waals surface area contributed by atoms with Gasteiger partial charge >= 0.3 is 5.97 Å². The zero-order valence-electron chi connectivity index (χ0n) is 21.1. The largest absolute Gasteiger partial charge is 0.469 e. The third kappa shape index (κ3) is 6.36. The fraction of sp³-hybridized carbons (Fsp3) is 0.520. The summed E-state index contributed by atoms with van der Waals surface area (Å²) < 4.78 is 38.5. The molecule has 1 aromatic carbocycles. The summed E-state index contributed by atoms with van der Waals surface area (Å²) in [4.78, 5) is 26.8. The first-order valence-corrected chi connectivity index (χ1v) is 15.5. The minimum atomic E-state index is -3.47. The van der Waals surface area contributed by atoms with Gasteiger partial charge in [-0.15, -0.1) is 0 Å². The van der Waals surface area contributed by atoms with Gasteiger partial charge in [0.2, 0.25) is 16.0 Å². The number of nitrogens with zero attached hydrogens (tertiary/aromatic N) is 5. The Morgan fingerprint density at radius 1 is 1.11 bits per heavy atom. The van der Waals surface area contributed by atoms with Gasteiger partial charge < -0.3 is 14.4 Å². The van der Waals surface area contributed by atoms with Crippen LogP contribution >= 0.6 is 22.9 Å². The average molecular weight is 580 g/mol. The van der Waals surface area contributed by atoms with Crippen molar-refractivity contribution in [2.75, 3.05) is 43.9 Å². The summed E-state index contributed by atoms with van der Waals surface area (Å²) in [5, 5.41) is 1.20. The SMILES string of the molecule is COC(=O)CCS(=O)(=O)N1CCC(c2ccc3nc(OC4CCN(c5ncc(Cl)cn5)CC4)sc3c2)CC1. The number of methoxy groups -OCH3 is 1. The lowest BCUT2D eigenvalue weighted by Gasteiger charge is -2.31. The van der Waals surface area contributed by atoms with Gasteiger partial charge in [-0.3, -0.25) is 4.79 Å². The average Bonchev–Trinajstić information content (AvgIpc) is 3.34. The van der Waals surface area contributed by atoms with Crippen LogP contribution in [-0.4, -0.2) is 78.8 Å². The number of rotatable bonds is 8. The van der Waals surface area contributed by atoms with E-state index in [0.29, 0.717) is 29.3 Å². The zero-order chi connectivity index (χ0) is 26.7. The van der Waals surface area contributed by atoms with Crippen LogP contribution in [0.4, 0.5) is 5.95 Å². The molecule has 2 saturated heterocycles. The summed E-state index contributed by atoms with van der Waals surface area (Å²) in [7, 11) is -2.21. The molecule has 0 radical (unpaired) electrons. The van der Waals surface area contributed by atoms with Crippen LogP contribution in [0, 0.1) is 0 Å². The maximum atomic E-state index is 12.6. The van der Waals surface area contributed by atoms with Crippen molar-refractivity contribution in [2.45, 2.75) is 44.1 Å². The van der Waals surface area contributed by atoms with Crippen LogP contribution < -0.4 is 9.64 Å². The summed E-state index contributed by atoms with van der Waals surface area (Å²) in [6.07, 6.45) is 6.37. The summed E-state index contributed by atoms with van der Waals surface area (Å²) in [6.45, 7) is 2.50. The first-order valence-electron chi connectivity index (χ1n) is 12.6. The van der Waals surface area contributed by atoms with Crippen molar-refractivity contribution in [2.24, 2.45) is 0 Å². The molecule has 13 heteroatoms. The molecule has 0 N–H and O–H groups in total. The molecular formula is C25H30ClN5O5S2. The minimum absolute atomic E-state index is 0.0871. The van der Waals surface area contributed by atoms with Crippen LogP contribution in [0.15, 0.2) is 30.6 Å². The Bertz CT molecular complexity index is 1370. The van der Waals surface area contributed by atoms with E-state index in [1.165, 1.54) is 17.0 Å². The quantitative estimate of drug-likeness (QED) is 0.367. The van der Waals surface area contributed by atoms with Gasteiger partial charge in [0.25, 0.3) is 5.19 Å². The molecule has 2 fully saturated rings. The highest BCUT2D eigenvalue weighted by Gasteiger charge is 2.29. The van der Waals surface area contributed by atoms with Crippen LogP contribution in [0.1, 0.15) is 43.6 Å². The van der Waals surface area contributed by atoms with E-state index in [9.17, 15) is 13.2 Å². The zero-order valence-corrected chi connectivity index (χ0v) is 23.5. The molecule has 38 heavy (non-hydrogen) atoms. The first-order chi connectivity index (χ1) is 18.3. The second-order valence-corrected chi connectivity index (χ2v) is 13.0. The lowest BCUT2D eigenvalue weighted by Crippen LogP contribution is -2.39. The number of ether oxygens (including phenoxy) is 2. The van der Waals surface area contributed by atoms with Crippen molar-refractivity contribution in [3.8, 4) is 5.19 Å². The van der Waals surface area contributed by atoms with Crippen LogP contribution in [0.25, 0.3) is 10.2 Å². The van der Waals surface area contributed by atoms with Gasteiger partial charge in [-0.2, -0.15) is 0 Å². The van der Waals surface area contributed by atoms with Crippen molar-refractivity contribution in [1.82, 2.24) is 19.3 Å². The highest BCUT2D eigenvalue weighted by Crippen LogP contribution is 2.35. The van der Waals surface area contributed by atoms with Gasteiger partial charge in [0, 0.05) is 39.0 Å². The molecule has 2 aromatic heterocycles. The topological polar surface area (TPSA) is 115 Å². The molecule has 0 unspecified atom stereocenters. The van der Waals surface area contributed by atoms with E-state index in [1.54, 1.807) is 23.7 Å². The number of halogens is 1. The summed E-state index contributed by atoms with van der Waals surface area (Å²) in [6, 6.07) is 6.27. The number of sulfonamides is 1. The predicted molar refractivity (Wildman–Crippen MR) is 146 cm³/mol. The van der Waals surface area contributed by atoms with E-state index >= 15 is 0 Å². The van der Waals surface area contributed by atoms with Gasteiger partial charge in [-0.25, -0.2) is 27.7 Å². The molecule has 10 nitrogen and oxygen atoms in total. The highest BCUT2D eigenvalue weighted by atomic mass is 35.5. The van der Waals surface area contributed by atoms with Crippen molar-refractivity contribution in [3.63, 3.8) is 0 Å². The van der Waals surface area contributed by atoms with Crippen molar-refractivity contribution in [1.29, 1.82) is 0 Å². The molecule has 3 aromatic rings. The number of hydrogen-bond donors (Lipinski definition) is 0. The number of hydrogen-bond acceptors (Lipinski definition) is 10. The molecular weight excluding hydrogens is 550 g/mol. The Morgan fingerprint density at radius 3 is 2.50 bits per heavy atom. The van der Waals surface area contributed by atoms with E-state index in [4.69, 9.17) is 16.3 Å². The fourth-order valence-electron chi connectivity index (χ4n) is 4.92. The molecule has 2 aliphatic heterocycles. The summed E-state index contributed by atoms with van der Waals surface area (Å²) >= 11 is 7.44. The molecule has 2 aliphatic rings. The summed E-state index contributed by atoms with van der Waals surface area (Å²) in [5.74, 6) is 0.235. The Labute approximate surface area is 231 Å². The van der Waals surface area contributed by atoms with Gasteiger partial charge in [-0.1, -0.05) is 29.0 Å². The molecule has 0 saturated carbocycles. The van der Waals surface area contributed by atoms with Crippen LogP contribution in [0.2, 0.25) is 5.02 Å². The normalized spacial score (nSPS) is 18.1. The number of thiazole rings is 1. The van der Waals surface area contributed by atoms with Crippen molar-refractivity contribution in [3.05, 3.63) is 41.2 Å². The van der Waals surface area contributed by atoms with Gasteiger partial charge in [0.05, 0.1) is 46.9 Å². The molecule has 4 heterocycles. The summed E-state index contributed by atoms with van der Waals surface area (Å²) in [5.41, 5.74) is 2.10. The molecule has 204 valence electrons. The van der Waals surface area contributed by atoms with E-state index < -0.39 is 16.0 Å². The number of aromatic nitrogens is 3. The second kappa shape index (κ2) is 11.7. The highest BCUT2D eigenvalue weighted by molar-refractivity contribution is 7.89. The smallest absolute Gasteiger partial charge is 0.306 e. The third-order valence-electron chi connectivity index (χ3n) is 7.10. The fourth-order valence-corrected chi connectivity index (χ4v) is 7.40. The molecule has 0 amide bonds. The molecule has 0 spiro atoms. The van der Waals surface area contributed by atoms with Crippen LogP contribution in [-0.2, 0) is 19.6 Å². The lowest BCUT2D eigenvalue weighted by atomic mass is 9.90. The van der Waals surface area contributed by atoms with Crippen LogP contribution in [0.5, 0.6) is 5.19 Å². The van der Waals surface area contributed by atoms with Crippen LogP contribution in [0.3, 0.4) is 0 Å². The van der Waals surface area contributed by atoms with E-state index in [-0.39, 0.29) is 24.2 Å². The predicted octanol–water partition coefficient (Wildman–Crippen LogP) is 3.86. The molecule has 0 bridgehead atoms. The van der Waals surface area contributed by atoms with Crippen molar-refractivity contribution >= 4 is 55.1 Å². The Balaban J connectivity index is 1.15. The van der Waals surface area contributed by atoms with E-state index in [0.717, 1.165) is 49.0 Å².